The van der Waals surface area contributed by atoms with Crippen LogP contribution in [0.15, 0.2) is 36.8 Å². The summed E-state index contributed by atoms with van der Waals surface area (Å²) in [6, 6.07) is 6.32. The number of pyridine rings is 3. The van der Waals surface area contributed by atoms with Crippen molar-refractivity contribution in [2.24, 2.45) is 7.05 Å². The highest BCUT2D eigenvalue weighted by Gasteiger charge is 2.43. The number of nitrogens with zero attached hydrogens (tertiary/aromatic N) is 10. The van der Waals surface area contributed by atoms with Gasteiger partial charge in [-0.1, -0.05) is 0 Å². The highest BCUT2D eigenvalue weighted by molar-refractivity contribution is 5.92. The van der Waals surface area contributed by atoms with Gasteiger partial charge in [0.05, 0.1) is 60.9 Å². The summed E-state index contributed by atoms with van der Waals surface area (Å²) >= 11 is 0. The van der Waals surface area contributed by atoms with Crippen molar-refractivity contribution in [2.45, 2.75) is 56.7 Å². The number of aromatic nitrogens is 7. The molecule has 0 saturated carbocycles. The summed E-state index contributed by atoms with van der Waals surface area (Å²) in [4.78, 5) is 26.3. The van der Waals surface area contributed by atoms with Gasteiger partial charge in [0, 0.05) is 75.2 Å². The predicted molar refractivity (Wildman–Crippen MR) is 177 cm³/mol. The number of hydrogen-bond acceptors (Lipinski definition) is 10. The van der Waals surface area contributed by atoms with Crippen LogP contribution in [-0.2, 0) is 11.8 Å². The summed E-state index contributed by atoms with van der Waals surface area (Å²) < 4.78 is 43.5. The van der Waals surface area contributed by atoms with Crippen LogP contribution in [0, 0.1) is 6.92 Å². The Morgan fingerprint density at radius 2 is 1.88 bits per heavy atom. The lowest BCUT2D eigenvalue weighted by atomic mass is 10.0. The van der Waals surface area contributed by atoms with E-state index in [1.54, 1.807) is 19.5 Å². The van der Waals surface area contributed by atoms with Gasteiger partial charge in [-0.25, -0.2) is 23.4 Å². The molecule has 0 radical (unpaired) electrons. The largest absolute Gasteiger partial charge is 0.496 e. The second-order valence-corrected chi connectivity index (χ2v) is 13.6. The van der Waals surface area contributed by atoms with Crippen LogP contribution >= 0.6 is 0 Å². The molecule has 4 aliphatic rings. The van der Waals surface area contributed by atoms with Gasteiger partial charge >= 0.3 is 0 Å². The average Bonchev–Trinajstić information content (AvgIpc) is 3.94. The van der Waals surface area contributed by atoms with E-state index < -0.39 is 5.92 Å². The molecular formula is C34H38F2N10O2. The van der Waals surface area contributed by atoms with Crippen LogP contribution in [0.1, 0.15) is 31.4 Å². The number of imidazole rings is 1. The topological polar surface area (TPSA) is 102 Å². The van der Waals surface area contributed by atoms with Gasteiger partial charge in [-0.15, -0.1) is 0 Å². The first-order valence-electron chi connectivity index (χ1n) is 16.7. The van der Waals surface area contributed by atoms with Crippen molar-refractivity contribution in [1.82, 2.24) is 39.2 Å². The molecule has 14 heteroatoms. The molecule has 250 valence electrons. The minimum atomic E-state index is -2.57. The Kier molecular flexibility index (Phi) is 6.84. The smallest absolute Gasteiger partial charge is 0.261 e. The Labute approximate surface area is 276 Å². The van der Waals surface area contributed by atoms with Crippen LogP contribution in [-0.4, -0.2) is 110 Å². The number of methoxy groups -OCH3 is 1. The molecule has 2 bridgehead atoms. The molecule has 0 aliphatic carbocycles. The summed E-state index contributed by atoms with van der Waals surface area (Å²) in [5.74, 6) is 0.512. The Balaban J connectivity index is 1.12. The highest BCUT2D eigenvalue weighted by atomic mass is 19.3. The van der Waals surface area contributed by atoms with Crippen molar-refractivity contribution >= 4 is 33.7 Å². The standard InChI is InChI=1S/C34H38F2N10O2/c1-20-24-16-38-46(27(24)13-26(39-20)25-15-37-8-4-29(25)47-3)30-14-28-31(32(40-30)45-17-23-12-22(45)18-48-23)41-33(42(28)2)43-9-5-21(6-10-43)44-11-7-34(35,36)19-44/h4,8,13-16,21-23H,5-7,9-12,17-19H2,1-3H3/t22-,23-/m1/s1. The lowest BCUT2D eigenvalue weighted by Crippen LogP contribution is -2.45. The van der Waals surface area contributed by atoms with E-state index in [0.29, 0.717) is 24.7 Å². The van der Waals surface area contributed by atoms with Gasteiger partial charge < -0.3 is 23.8 Å². The van der Waals surface area contributed by atoms with E-state index in [2.05, 4.69) is 25.4 Å². The number of fused-ring (bicyclic) bond motifs is 4. The predicted octanol–water partition coefficient (Wildman–Crippen LogP) is 4.37. The van der Waals surface area contributed by atoms with Crippen LogP contribution in [0.4, 0.5) is 20.5 Å². The number of alkyl halides is 2. The molecular weight excluding hydrogens is 618 g/mol. The van der Waals surface area contributed by atoms with Crippen LogP contribution in [0.5, 0.6) is 5.75 Å². The number of hydrogen-bond donors (Lipinski definition) is 0. The number of aryl methyl sites for hydroxylation is 2. The first-order chi connectivity index (χ1) is 23.3. The summed E-state index contributed by atoms with van der Waals surface area (Å²) in [6.45, 7) is 5.29. The zero-order valence-electron chi connectivity index (χ0n) is 27.3. The van der Waals surface area contributed by atoms with Crippen molar-refractivity contribution < 1.29 is 18.3 Å². The number of halogens is 2. The molecule has 0 amide bonds. The molecule has 4 saturated heterocycles. The van der Waals surface area contributed by atoms with E-state index in [4.69, 9.17) is 29.5 Å². The number of anilines is 2. The molecule has 4 aliphatic heterocycles. The second-order valence-electron chi connectivity index (χ2n) is 13.6. The van der Waals surface area contributed by atoms with Gasteiger partial charge in [0.2, 0.25) is 5.95 Å². The maximum Gasteiger partial charge on any atom is 0.261 e. The second kappa shape index (κ2) is 11.1. The number of likely N-dealkylation sites (tertiary alicyclic amines) is 1. The lowest BCUT2D eigenvalue weighted by molar-refractivity contribution is 0.00627. The van der Waals surface area contributed by atoms with Crippen molar-refractivity contribution in [1.29, 1.82) is 0 Å². The van der Waals surface area contributed by atoms with E-state index >= 15 is 0 Å². The number of morpholine rings is 1. The summed E-state index contributed by atoms with van der Waals surface area (Å²) in [5.41, 5.74) is 5.07. The maximum absolute atomic E-state index is 14.0. The molecule has 0 spiro atoms. The van der Waals surface area contributed by atoms with Crippen molar-refractivity contribution in [2.75, 3.05) is 56.2 Å². The summed E-state index contributed by atoms with van der Waals surface area (Å²) in [5, 5.41) is 5.77. The third kappa shape index (κ3) is 4.79. The molecule has 5 aromatic heterocycles. The molecule has 0 N–H and O–H groups in total. The Hall–Kier alpha value is -4.43. The van der Waals surface area contributed by atoms with E-state index in [1.807, 2.05) is 41.9 Å². The molecule has 4 fully saturated rings. The molecule has 2 atom stereocenters. The van der Waals surface area contributed by atoms with Crippen molar-refractivity contribution in [3.8, 4) is 22.8 Å². The maximum atomic E-state index is 14.0. The van der Waals surface area contributed by atoms with Crippen molar-refractivity contribution in [3.05, 3.63) is 42.5 Å². The number of piperidine rings is 1. The highest BCUT2D eigenvalue weighted by Crippen LogP contribution is 2.39. The zero-order valence-corrected chi connectivity index (χ0v) is 27.3. The summed E-state index contributed by atoms with van der Waals surface area (Å²) in [6.07, 6.45) is 8.09. The monoisotopic (exact) mass is 656 g/mol. The molecule has 5 aromatic rings. The molecule has 0 aromatic carbocycles. The SMILES string of the molecule is COc1ccncc1-c1cc2c(cnn2-c2cc3c(nc(N4CCC(N5CCC(F)(F)C5)CC4)n3C)c(N3C[C@H]4C[C@@H]3CO4)n2)c(C)n1. The number of rotatable bonds is 6. The quantitative estimate of drug-likeness (QED) is 0.262. The first kappa shape index (κ1) is 29.7. The fourth-order valence-corrected chi connectivity index (χ4v) is 8.15. The van der Waals surface area contributed by atoms with Crippen LogP contribution < -0.4 is 14.5 Å². The fraction of sp³-hybridized carbons (Fsp3) is 0.500. The lowest BCUT2D eigenvalue weighted by Gasteiger charge is -2.37. The number of ether oxygens (including phenoxy) is 2. The van der Waals surface area contributed by atoms with Gasteiger partial charge in [0.1, 0.15) is 11.3 Å². The minimum absolute atomic E-state index is 0.0416. The van der Waals surface area contributed by atoms with E-state index in [1.165, 1.54) is 0 Å². The molecule has 9 rings (SSSR count). The fourth-order valence-electron chi connectivity index (χ4n) is 8.15. The molecule has 48 heavy (non-hydrogen) atoms. The van der Waals surface area contributed by atoms with Gasteiger partial charge in [0.15, 0.2) is 11.6 Å². The Morgan fingerprint density at radius 3 is 2.60 bits per heavy atom. The zero-order chi connectivity index (χ0) is 32.7. The van der Waals surface area contributed by atoms with Crippen LogP contribution in [0.2, 0.25) is 0 Å². The van der Waals surface area contributed by atoms with Gasteiger partial charge in [-0.05, 0) is 38.3 Å². The summed E-state index contributed by atoms with van der Waals surface area (Å²) in [7, 11) is 3.69. The normalized spacial score (nSPS) is 22.9. The van der Waals surface area contributed by atoms with E-state index in [-0.39, 0.29) is 31.2 Å². The first-order valence-corrected chi connectivity index (χ1v) is 16.7. The van der Waals surface area contributed by atoms with E-state index in [9.17, 15) is 8.78 Å². The minimum Gasteiger partial charge on any atom is -0.496 e. The average molecular weight is 657 g/mol. The third-order valence-electron chi connectivity index (χ3n) is 10.7. The van der Waals surface area contributed by atoms with Crippen LogP contribution in [0.3, 0.4) is 0 Å². The Bertz CT molecular complexity index is 2040. The van der Waals surface area contributed by atoms with Crippen LogP contribution in [0.25, 0.3) is 39.0 Å². The van der Waals surface area contributed by atoms with Gasteiger partial charge in [-0.2, -0.15) is 5.10 Å². The van der Waals surface area contributed by atoms with Crippen molar-refractivity contribution in [3.63, 3.8) is 0 Å². The molecule has 9 heterocycles. The van der Waals surface area contributed by atoms with Gasteiger partial charge in [0.25, 0.3) is 5.92 Å². The van der Waals surface area contributed by atoms with Gasteiger partial charge in [-0.3, -0.25) is 14.9 Å². The Morgan fingerprint density at radius 1 is 1.02 bits per heavy atom. The third-order valence-corrected chi connectivity index (χ3v) is 10.7. The van der Waals surface area contributed by atoms with E-state index in [0.717, 1.165) is 89.6 Å². The molecule has 12 nitrogen and oxygen atoms in total. The molecule has 0 unspecified atom stereocenters.